The van der Waals surface area contributed by atoms with Crippen LogP contribution in [0.3, 0.4) is 0 Å². The summed E-state index contributed by atoms with van der Waals surface area (Å²) >= 11 is 0. The smallest absolute Gasteiger partial charge is 0.0386 e. The zero-order valence-electron chi connectivity index (χ0n) is 11.8. The van der Waals surface area contributed by atoms with Crippen LogP contribution in [0.5, 0.6) is 0 Å². The standard InChI is InChI=1S/C16H32/c1-4-6-11-15(5-2)14(3)16-12-9-7-8-10-13-16/h14-16H,4-13H2,1-3H3. The average molecular weight is 224 g/mol. The molecule has 0 N–H and O–H groups in total. The van der Waals surface area contributed by atoms with Gasteiger partial charge in [0, 0.05) is 0 Å². The first-order valence-corrected chi connectivity index (χ1v) is 7.79. The van der Waals surface area contributed by atoms with Crippen LogP contribution >= 0.6 is 0 Å². The summed E-state index contributed by atoms with van der Waals surface area (Å²) in [6, 6.07) is 0. The second kappa shape index (κ2) is 8.14. The summed E-state index contributed by atoms with van der Waals surface area (Å²) in [4.78, 5) is 0. The van der Waals surface area contributed by atoms with Gasteiger partial charge in [0.25, 0.3) is 0 Å². The first-order chi connectivity index (χ1) is 7.79. The monoisotopic (exact) mass is 224 g/mol. The van der Waals surface area contributed by atoms with E-state index in [0.29, 0.717) is 0 Å². The number of hydrogen-bond acceptors (Lipinski definition) is 0. The van der Waals surface area contributed by atoms with Crippen molar-refractivity contribution in [2.75, 3.05) is 0 Å². The lowest BCUT2D eigenvalue weighted by molar-refractivity contribution is 0.206. The van der Waals surface area contributed by atoms with Crippen LogP contribution in [-0.4, -0.2) is 0 Å². The van der Waals surface area contributed by atoms with Crippen LogP contribution < -0.4 is 0 Å². The van der Waals surface area contributed by atoms with E-state index in [4.69, 9.17) is 0 Å². The Labute approximate surface area is 103 Å². The predicted molar refractivity (Wildman–Crippen MR) is 73.7 cm³/mol. The summed E-state index contributed by atoms with van der Waals surface area (Å²) in [5.74, 6) is 3.03. The average Bonchev–Trinajstić information content (AvgIpc) is 2.58. The van der Waals surface area contributed by atoms with E-state index in [9.17, 15) is 0 Å². The van der Waals surface area contributed by atoms with E-state index in [1.165, 1.54) is 64.2 Å². The number of unbranched alkanes of at least 4 members (excludes halogenated alkanes) is 1. The molecule has 0 heterocycles. The van der Waals surface area contributed by atoms with E-state index < -0.39 is 0 Å². The minimum Gasteiger partial charge on any atom is -0.0654 e. The van der Waals surface area contributed by atoms with Crippen molar-refractivity contribution in [1.29, 1.82) is 0 Å². The zero-order chi connectivity index (χ0) is 11.8. The highest BCUT2D eigenvalue weighted by molar-refractivity contribution is 4.75. The molecule has 0 bridgehead atoms. The van der Waals surface area contributed by atoms with E-state index in [2.05, 4.69) is 20.8 Å². The molecule has 0 aromatic heterocycles. The van der Waals surface area contributed by atoms with E-state index in [-0.39, 0.29) is 0 Å². The molecule has 2 atom stereocenters. The highest BCUT2D eigenvalue weighted by Crippen LogP contribution is 2.35. The van der Waals surface area contributed by atoms with Crippen molar-refractivity contribution >= 4 is 0 Å². The molecule has 0 saturated heterocycles. The van der Waals surface area contributed by atoms with E-state index in [1.54, 1.807) is 0 Å². The fraction of sp³-hybridized carbons (Fsp3) is 1.00. The van der Waals surface area contributed by atoms with Gasteiger partial charge in [-0.2, -0.15) is 0 Å². The first-order valence-electron chi connectivity index (χ1n) is 7.79. The number of hydrogen-bond donors (Lipinski definition) is 0. The van der Waals surface area contributed by atoms with Crippen molar-refractivity contribution in [3.8, 4) is 0 Å². The van der Waals surface area contributed by atoms with Crippen LogP contribution in [0.25, 0.3) is 0 Å². The van der Waals surface area contributed by atoms with Gasteiger partial charge in [-0.3, -0.25) is 0 Å². The summed E-state index contributed by atoms with van der Waals surface area (Å²) in [6.07, 6.45) is 14.7. The van der Waals surface area contributed by atoms with Crippen molar-refractivity contribution in [1.82, 2.24) is 0 Å². The molecule has 1 aliphatic carbocycles. The Bertz CT molecular complexity index is 153. The molecule has 0 heteroatoms. The maximum absolute atomic E-state index is 2.54. The predicted octanol–water partition coefficient (Wildman–Crippen LogP) is 5.81. The molecule has 0 spiro atoms. The summed E-state index contributed by atoms with van der Waals surface area (Å²) < 4.78 is 0. The molecule has 0 aliphatic heterocycles. The van der Waals surface area contributed by atoms with Gasteiger partial charge in [0.2, 0.25) is 0 Å². The largest absolute Gasteiger partial charge is 0.0654 e. The molecule has 1 aliphatic rings. The molecule has 0 amide bonds. The van der Waals surface area contributed by atoms with Crippen LogP contribution in [0, 0.1) is 17.8 Å². The van der Waals surface area contributed by atoms with Gasteiger partial charge >= 0.3 is 0 Å². The molecule has 0 nitrogen and oxygen atoms in total. The minimum atomic E-state index is 0.981. The van der Waals surface area contributed by atoms with Crippen LogP contribution in [0.2, 0.25) is 0 Å². The van der Waals surface area contributed by atoms with Gasteiger partial charge in [0.15, 0.2) is 0 Å². The summed E-state index contributed by atoms with van der Waals surface area (Å²) in [7, 11) is 0. The zero-order valence-corrected chi connectivity index (χ0v) is 11.8. The van der Waals surface area contributed by atoms with Crippen LogP contribution in [0.4, 0.5) is 0 Å². The Morgan fingerprint density at radius 2 is 1.62 bits per heavy atom. The summed E-state index contributed by atoms with van der Waals surface area (Å²) in [6.45, 7) is 7.26. The highest BCUT2D eigenvalue weighted by atomic mass is 14.3. The Balaban J connectivity index is 2.41. The normalized spacial score (nSPS) is 22.7. The maximum atomic E-state index is 2.54. The van der Waals surface area contributed by atoms with Crippen LogP contribution in [-0.2, 0) is 0 Å². The third-order valence-corrected chi connectivity index (χ3v) is 4.84. The first kappa shape index (κ1) is 14.1. The van der Waals surface area contributed by atoms with E-state index >= 15 is 0 Å². The van der Waals surface area contributed by atoms with Gasteiger partial charge in [0.05, 0.1) is 0 Å². The van der Waals surface area contributed by atoms with Crippen molar-refractivity contribution in [3.05, 3.63) is 0 Å². The lowest BCUT2D eigenvalue weighted by Gasteiger charge is -2.30. The second-order valence-electron chi connectivity index (χ2n) is 5.92. The Morgan fingerprint density at radius 1 is 1.00 bits per heavy atom. The van der Waals surface area contributed by atoms with Crippen LogP contribution in [0.1, 0.15) is 85.0 Å². The molecule has 0 aromatic carbocycles. The van der Waals surface area contributed by atoms with Gasteiger partial charge in [-0.05, 0) is 17.8 Å². The molecule has 1 saturated carbocycles. The third-order valence-electron chi connectivity index (χ3n) is 4.84. The fourth-order valence-electron chi connectivity index (χ4n) is 3.53. The van der Waals surface area contributed by atoms with Crippen molar-refractivity contribution in [2.24, 2.45) is 17.8 Å². The molecular formula is C16H32. The molecule has 1 fully saturated rings. The van der Waals surface area contributed by atoms with E-state index in [1.807, 2.05) is 0 Å². The fourth-order valence-corrected chi connectivity index (χ4v) is 3.53. The molecular weight excluding hydrogens is 192 g/mol. The quantitative estimate of drug-likeness (QED) is 0.499. The molecule has 2 unspecified atom stereocenters. The van der Waals surface area contributed by atoms with Gasteiger partial charge < -0.3 is 0 Å². The topological polar surface area (TPSA) is 0 Å². The second-order valence-corrected chi connectivity index (χ2v) is 5.92. The van der Waals surface area contributed by atoms with Crippen molar-refractivity contribution in [3.63, 3.8) is 0 Å². The Morgan fingerprint density at radius 3 is 2.12 bits per heavy atom. The SMILES string of the molecule is CCCCC(CC)C(C)C1CCCCCC1. The molecule has 1 rings (SSSR count). The van der Waals surface area contributed by atoms with Gasteiger partial charge in [-0.1, -0.05) is 85.0 Å². The van der Waals surface area contributed by atoms with Crippen LogP contribution in [0.15, 0.2) is 0 Å². The lowest BCUT2D eigenvalue weighted by Crippen LogP contribution is -2.20. The van der Waals surface area contributed by atoms with Crippen molar-refractivity contribution in [2.45, 2.75) is 85.0 Å². The van der Waals surface area contributed by atoms with E-state index in [0.717, 1.165) is 17.8 Å². The van der Waals surface area contributed by atoms with Gasteiger partial charge in [-0.25, -0.2) is 0 Å². The Hall–Kier alpha value is 0. The van der Waals surface area contributed by atoms with Gasteiger partial charge in [0.1, 0.15) is 0 Å². The molecule has 96 valence electrons. The van der Waals surface area contributed by atoms with Gasteiger partial charge in [-0.15, -0.1) is 0 Å². The maximum Gasteiger partial charge on any atom is -0.0386 e. The third kappa shape index (κ3) is 4.47. The highest BCUT2D eigenvalue weighted by Gasteiger charge is 2.24. The van der Waals surface area contributed by atoms with Crippen molar-refractivity contribution < 1.29 is 0 Å². The molecule has 0 radical (unpaired) electrons. The number of rotatable bonds is 6. The summed E-state index contributed by atoms with van der Waals surface area (Å²) in [5, 5.41) is 0. The summed E-state index contributed by atoms with van der Waals surface area (Å²) in [5.41, 5.74) is 0. The molecule has 16 heavy (non-hydrogen) atoms. The Kier molecular flexibility index (Phi) is 7.16. The minimum absolute atomic E-state index is 0.981. The lowest BCUT2D eigenvalue weighted by atomic mass is 9.76. The molecule has 0 aromatic rings.